The first kappa shape index (κ1) is 24.7. The van der Waals surface area contributed by atoms with E-state index in [4.69, 9.17) is 10.5 Å². The molecule has 2 saturated heterocycles. The van der Waals surface area contributed by atoms with Gasteiger partial charge in [0.25, 0.3) is 5.56 Å². The smallest absolute Gasteiger partial charge is 0.251 e. The molecule has 5 N–H and O–H groups in total. The third-order valence-electron chi connectivity index (χ3n) is 7.12. The SMILES string of the molecule is Cc1cc2c(-c3cncc(N)c3)cnc(N[C@@H]3CCNC[C@H]3OCC3CCS(=O)(=O)CC3)c2[nH]c1=O. The number of aromatic amines is 1. The topological polar surface area (TPSA) is 152 Å². The number of hydrogen-bond donors (Lipinski definition) is 4. The maximum atomic E-state index is 12.5. The molecule has 0 radical (unpaired) electrons. The molecule has 3 aromatic rings. The van der Waals surface area contributed by atoms with E-state index in [2.05, 4.69) is 25.6 Å². The summed E-state index contributed by atoms with van der Waals surface area (Å²) in [6.45, 7) is 3.83. The normalized spacial score (nSPS) is 22.5. The molecule has 0 amide bonds. The Balaban J connectivity index is 1.40. The number of hydrogen-bond acceptors (Lipinski definition) is 9. The van der Waals surface area contributed by atoms with Crippen LogP contribution in [0, 0.1) is 12.8 Å². The summed E-state index contributed by atoms with van der Waals surface area (Å²) in [6, 6.07) is 3.69. The van der Waals surface area contributed by atoms with Crippen molar-refractivity contribution in [1.29, 1.82) is 0 Å². The fourth-order valence-corrected chi connectivity index (χ4v) is 6.54. The van der Waals surface area contributed by atoms with Crippen molar-refractivity contribution >= 4 is 32.2 Å². The van der Waals surface area contributed by atoms with Crippen LogP contribution in [0.15, 0.2) is 35.5 Å². The van der Waals surface area contributed by atoms with E-state index in [1.165, 1.54) is 0 Å². The minimum atomic E-state index is -2.89. The highest BCUT2D eigenvalue weighted by molar-refractivity contribution is 7.91. The first-order valence-electron chi connectivity index (χ1n) is 12.3. The van der Waals surface area contributed by atoms with Crippen molar-refractivity contribution in [3.05, 3.63) is 46.6 Å². The Hall–Kier alpha value is -3.02. The van der Waals surface area contributed by atoms with E-state index in [-0.39, 0.29) is 35.1 Å². The summed E-state index contributed by atoms with van der Waals surface area (Å²) in [5.74, 6) is 1.32. The van der Waals surface area contributed by atoms with E-state index in [1.807, 2.05) is 12.1 Å². The van der Waals surface area contributed by atoms with Gasteiger partial charge in [-0.05, 0) is 50.8 Å². The van der Waals surface area contributed by atoms with E-state index in [9.17, 15) is 13.2 Å². The van der Waals surface area contributed by atoms with Gasteiger partial charge >= 0.3 is 0 Å². The number of ether oxygens (including phenoxy) is 1. The molecule has 10 nitrogen and oxygen atoms in total. The zero-order valence-electron chi connectivity index (χ0n) is 20.3. The summed E-state index contributed by atoms with van der Waals surface area (Å²) >= 11 is 0. The predicted octanol–water partition coefficient (Wildman–Crippen LogP) is 1.86. The zero-order valence-corrected chi connectivity index (χ0v) is 21.1. The van der Waals surface area contributed by atoms with Crippen molar-refractivity contribution in [2.75, 3.05) is 42.3 Å². The molecule has 0 saturated carbocycles. The molecule has 0 bridgehead atoms. The molecule has 0 unspecified atom stereocenters. The highest BCUT2D eigenvalue weighted by atomic mass is 32.2. The van der Waals surface area contributed by atoms with Gasteiger partial charge in [0.05, 0.1) is 34.9 Å². The standard InChI is InChI=1S/C25H32N6O4S/c1-15-8-19-20(17-9-18(26)11-28-10-17)12-29-24(23(19)31-25(15)32)30-21-2-5-27-13-22(21)35-14-16-3-6-36(33,34)7-4-16/h8-12,16,21-22,27H,2-7,13-14,26H2,1H3,(H,29,30)(H,31,32)/t21-,22-/m1/s1. The van der Waals surface area contributed by atoms with Gasteiger partial charge in [-0.1, -0.05) is 0 Å². The van der Waals surface area contributed by atoms with Crippen LogP contribution in [0.5, 0.6) is 0 Å². The number of aromatic nitrogens is 3. The Bertz CT molecular complexity index is 1410. The van der Waals surface area contributed by atoms with Gasteiger partial charge in [-0.2, -0.15) is 0 Å². The van der Waals surface area contributed by atoms with Gasteiger partial charge in [0.15, 0.2) is 5.82 Å². The lowest BCUT2D eigenvalue weighted by Crippen LogP contribution is -2.50. The quantitative estimate of drug-likeness (QED) is 0.388. The fraction of sp³-hybridized carbons (Fsp3) is 0.480. The lowest BCUT2D eigenvalue weighted by molar-refractivity contribution is 0.00666. The van der Waals surface area contributed by atoms with Crippen molar-refractivity contribution in [2.24, 2.45) is 5.92 Å². The molecular weight excluding hydrogens is 480 g/mol. The van der Waals surface area contributed by atoms with E-state index in [1.54, 1.807) is 25.5 Å². The van der Waals surface area contributed by atoms with Crippen LogP contribution in [0.4, 0.5) is 11.5 Å². The van der Waals surface area contributed by atoms with Crippen molar-refractivity contribution in [1.82, 2.24) is 20.3 Å². The van der Waals surface area contributed by atoms with Gasteiger partial charge in [0, 0.05) is 53.8 Å². The molecule has 36 heavy (non-hydrogen) atoms. The van der Waals surface area contributed by atoms with E-state index in [0.717, 1.165) is 29.5 Å². The Morgan fingerprint density at radius 2 is 1.97 bits per heavy atom. The molecular formula is C25H32N6O4S. The Morgan fingerprint density at radius 1 is 1.17 bits per heavy atom. The number of aryl methyl sites for hydroxylation is 1. The Morgan fingerprint density at radius 3 is 2.75 bits per heavy atom. The highest BCUT2D eigenvalue weighted by Gasteiger charge is 2.29. The summed E-state index contributed by atoms with van der Waals surface area (Å²) in [6.07, 6.45) is 7.10. The largest absolute Gasteiger partial charge is 0.397 e. The van der Waals surface area contributed by atoms with Crippen LogP contribution in [0.2, 0.25) is 0 Å². The first-order valence-corrected chi connectivity index (χ1v) is 14.1. The highest BCUT2D eigenvalue weighted by Crippen LogP contribution is 2.32. The zero-order chi connectivity index (χ0) is 25.3. The number of anilines is 2. The van der Waals surface area contributed by atoms with Crippen LogP contribution in [-0.2, 0) is 14.6 Å². The number of nitrogens with two attached hydrogens (primary N) is 1. The molecule has 2 atom stereocenters. The average molecular weight is 513 g/mol. The number of pyridine rings is 3. The van der Waals surface area contributed by atoms with Crippen molar-refractivity contribution in [3.8, 4) is 11.1 Å². The number of nitrogen functional groups attached to an aromatic ring is 1. The number of nitrogens with zero attached hydrogens (tertiary/aromatic N) is 2. The number of fused-ring (bicyclic) bond motifs is 1. The molecule has 0 aliphatic carbocycles. The van der Waals surface area contributed by atoms with Crippen LogP contribution in [-0.4, -0.2) is 66.7 Å². The van der Waals surface area contributed by atoms with E-state index >= 15 is 0 Å². The lowest BCUT2D eigenvalue weighted by atomic mass is 10.0. The number of rotatable bonds is 6. The van der Waals surface area contributed by atoms with E-state index in [0.29, 0.717) is 48.6 Å². The van der Waals surface area contributed by atoms with Crippen LogP contribution in [0.1, 0.15) is 24.8 Å². The van der Waals surface area contributed by atoms with Crippen LogP contribution in [0.25, 0.3) is 22.0 Å². The fourth-order valence-electron chi connectivity index (χ4n) is 4.95. The van der Waals surface area contributed by atoms with Crippen LogP contribution >= 0.6 is 0 Å². The molecule has 2 aliphatic rings. The molecule has 0 aromatic carbocycles. The summed E-state index contributed by atoms with van der Waals surface area (Å²) in [7, 11) is -2.89. The molecule has 2 aliphatic heterocycles. The van der Waals surface area contributed by atoms with Gasteiger partial charge in [-0.3, -0.25) is 9.78 Å². The molecule has 2 fully saturated rings. The lowest BCUT2D eigenvalue weighted by Gasteiger charge is -2.34. The number of sulfone groups is 1. The van der Waals surface area contributed by atoms with Gasteiger partial charge in [-0.25, -0.2) is 13.4 Å². The summed E-state index contributed by atoms with van der Waals surface area (Å²) < 4.78 is 29.8. The maximum absolute atomic E-state index is 12.5. The Kier molecular flexibility index (Phi) is 6.96. The second kappa shape index (κ2) is 10.2. The third kappa shape index (κ3) is 5.37. The van der Waals surface area contributed by atoms with Crippen LogP contribution in [0.3, 0.4) is 0 Å². The summed E-state index contributed by atoms with van der Waals surface area (Å²) in [5.41, 5.74) is 9.23. The molecule has 0 spiro atoms. The average Bonchev–Trinajstić information content (AvgIpc) is 2.85. The van der Waals surface area contributed by atoms with E-state index < -0.39 is 9.84 Å². The molecule has 5 heterocycles. The maximum Gasteiger partial charge on any atom is 0.251 e. The second-order valence-corrected chi connectivity index (χ2v) is 12.1. The van der Waals surface area contributed by atoms with Crippen LogP contribution < -0.4 is 21.9 Å². The third-order valence-corrected chi connectivity index (χ3v) is 8.83. The number of H-pyrrole nitrogens is 1. The molecule has 192 valence electrons. The molecule has 5 rings (SSSR count). The van der Waals surface area contributed by atoms with Gasteiger partial charge in [0.2, 0.25) is 0 Å². The minimum Gasteiger partial charge on any atom is -0.397 e. The van der Waals surface area contributed by atoms with Crippen molar-refractivity contribution in [2.45, 2.75) is 38.3 Å². The first-order chi connectivity index (χ1) is 17.3. The minimum absolute atomic E-state index is 0.0148. The Labute approximate surface area is 210 Å². The predicted molar refractivity (Wildman–Crippen MR) is 141 cm³/mol. The summed E-state index contributed by atoms with van der Waals surface area (Å²) in [4.78, 5) is 24.4. The molecule has 3 aromatic heterocycles. The monoisotopic (exact) mass is 512 g/mol. The van der Waals surface area contributed by atoms with Crippen molar-refractivity contribution in [3.63, 3.8) is 0 Å². The summed E-state index contributed by atoms with van der Waals surface area (Å²) in [5, 5.41) is 7.77. The van der Waals surface area contributed by atoms with Gasteiger partial charge < -0.3 is 26.1 Å². The number of piperidine rings is 1. The second-order valence-electron chi connectivity index (χ2n) is 9.81. The van der Waals surface area contributed by atoms with Gasteiger partial charge in [0.1, 0.15) is 9.84 Å². The molecule has 11 heteroatoms. The van der Waals surface area contributed by atoms with Gasteiger partial charge in [-0.15, -0.1) is 0 Å². The number of nitrogens with one attached hydrogen (secondary N) is 3. The van der Waals surface area contributed by atoms with Crippen molar-refractivity contribution < 1.29 is 13.2 Å².